The Morgan fingerprint density at radius 2 is 1.74 bits per heavy atom. The number of benzene rings is 2. The maximum Gasteiger partial charge on any atom is 0.165 e. The third-order valence-corrected chi connectivity index (χ3v) is 2.63. The number of halogens is 3. The summed E-state index contributed by atoms with van der Waals surface area (Å²) in [6, 6.07) is 8.03. The van der Waals surface area contributed by atoms with Crippen LogP contribution in [0, 0.1) is 17.5 Å². The number of hydrogen-bond donors (Lipinski definition) is 1. The van der Waals surface area contributed by atoms with Crippen LogP contribution < -0.4 is 10.1 Å². The molecule has 0 fully saturated rings. The second-order valence-corrected chi connectivity index (χ2v) is 3.95. The molecule has 0 aliphatic heterocycles. The minimum Gasteiger partial charge on any atom is -0.494 e. The average molecular weight is 267 g/mol. The van der Waals surface area contributed by atoms with Crippen LogP contribution in [0.4, 0.5) is 18.9 Å². The lowest BCUT2D eigenvalue weighted by Gasteiger charge is -2.08. The van der Waals surface area contributed by atoms with E-state index < -0.39 is 17.5 Å². The van der Waals surface area contributed by atoms with E-state index in [-0.39, 0.29) is 5.75 Å². The average Bonchev–Trinajstić information content (AvgIpc) is 2.40. The first-order chi connectivity index (χ1) is 9.10. The maximum absolute atomic E-state index is 13.4. The lowest BCUT2D eigenvalue weighted by atomic mass is 10.2. The summed E-state index contributed by atoms with van der Waals surface area (Å²) in [7, 11) is 1.39. The largest absolute Gasteiger partial charge is 0.494 e. The Balaban J connectivity index is 2.05. The Hall–Kier alpha value is -2.17. The fourth-order valence-corrected chi connectivity index (χ4v) is 1.63. The predicted molar refractivity (Wildman–Crippen MR) is 66.6 cm³/mol. The van der Waals surface area contributed by atoms with Crippen LogP contribution in [0.15, 0.2) is 36.4 Å². The van der Waals surface area contributed by atoms with Gasteiger partial charge < -0.3 is 10.1 Å². The first-order valence-corrected chi connectivity index (χ1v) is 5.61. The van der Waals surface area contributed by atoms with Crippen molar-refractivity contribution in [1.82, 2.24) is 0 Å². The molecule has 19 heavy (non-hydrogen) atoms. The van der Waals surface area contributed by atoms with E-state index in [0.717, 1.165) is 12.1 Å². The topological polar surface area (TPSA) is 21.3 Å². The Morgan fingerprint density at radius 3 is 2.37 bits per heavy atom. The van der Waals surface area contributed by atoms with E-state index in [4.69, 9.17) is 4.74 Å². The lowest BCUT2D eigenvalue weighted by Crippen LogP contribution is -2.01. The molecule has 0 unspecified atom stereocenters. The molecule has 0 spiro atoms. The number of ether oxygens (including phenoxy) is 1. The van der Waals surface area contributed by atoms with Crippen LogP contribution in [0.5, 0.6) is 5.75 Å². The summed E-state index contributed by atoms with van der Waals surface area (Å²) < 4.78 is 43.9. The van der Waals surface area contributed by atoms with Gasteiger partial charge in [-0.05, 0) is 29.8 Å². The van der Waals surface area contributed by atoms with Crippen LogP contribution in [0.3, 0.4) is 0 Å². The van der Waals surface area contributed by atoms with Gasteiger partial charge in [-0.25, -0.2) is 13.2 Å². The van der Waals surface area contributed by atoms with Crippen molar-refractivity contribution in [3.63, 3.8) is 0 Å². The second kappa shape index (κ2) is 5.65. The van der Waals surface area contributed by atoms with Crippen LogP contribution in [-0.4, -0.2) is 7.11 Å². The van der Waals surface area contributed by atoms with Gasteiger partial charge in [0, 0.05) is 18.3 Å². The fourth-order valence-electron chi connectivity index (χ4n) is 1.63. The predicted octanol–water partition coefficient (Wildman–Crippen LogP) is 3.72. The van der Waals surface area contributed by atoms with E-state index in [1.165, 1.54) is 25.3 Å². The standard InChI is InChI=1S/C14H12F3NO/c1-19-14-5-2-9(6-13(14)17)8-18-10-3-4-11(15)12(16)7-10/h2-7,18H,8H2,1H3. The van der Waals surface area contributed by atoms with E-state index >= 15 is 0 Å². The highest BCUT2D eigenvalue weighted by atomic mass is 19.2. The summed E-state index contributed by atoms with van der Waals surface area (Å²) in [5, 5.41) is 2.88. The van der Waals surface area contributed by atoms with Crippen molar-refractivity contribution in [2.24, 2.45) is 0 Å². The van der Waals surface area contributed by atoms with Crippen molar-refractivity contribution in [3.05, 3.63) is 59.4 Å². The van der Waals surface area contributed by atoms with E-state index in [9.17, 15) is 13.2 Å². The van der Waals surface area contributed by atoms with E-state index in [2.05, 4.69) is 5.32 Å². The van der Waals surface area contributed by atoms with Crippen molar-refractivity contribution < 1.29 is 17.9 Å². The van der Waals surface area contributed by atoms with Crippen LogP contribution in [0.1, 0.15) is 5.56 Å². The van der Waals surface area contributed by atoms with E-state index in [1.807, 2.05) is 0 Å². The summed E-state index contributed by atoms with van der Waals surface area (Å²) in [6.45, 7) is 0.298. The van der Waals surface area contributed by atoms with Crippen molar-refractivity contribution in [2.45, 2.75) is 6.54 Å². The normalized spacial score (nSPS) is 10.3. The molecule has 5 heteroatoms. The molecule has 0 radical (unpaired) electrons. The third-order valence-electron chi connectivity index (χ3n) is 2.63. The molecule has 0 aliphatic rings. The molecular weight excluding hydrogens is 255 g/mol. The monoisotopic (exact) mass is 267 g/mol. The van der Waals surface area contributed by atoms with E-state index in [1.54, 1.807) is 6.07 Å². The second-order valence-electron chi connectivity index (χ2n) is 3.95. The summed E-state index contributed by atoms with van der Waals surface area (Å²) in [6.07, 6.45) is 0. The number of anilines is 1. The molecule has 2 rings (SSSR count). The number of nitrogens with one attached hydrogen (secondary N) is 1. The van der Waals surface area contributed by atoms with Gasteiger partial charge in [0.15, 0.2) is 23.2 Å². The van der Waals surface area contributed by atoms with Gasteiger partial charge in [-0.2, -0.15) is 0 Å². The number of hydrogen-bond acceptors (Lipinski definition) is 2. The number of rotatable bonds is 4. The Kier molecular flexibility index (Phi) is 3.94. The minimum absolute atomic E-state index is 0.163. The van der Waals surface area contributed by atoms with Crippen LogP contribution in [0.25, 0.3) is 0 Å². The van der Waals surface area contributed by atoms with Gasteiger partial charge in [-0.15, -0.1) is 0 Å². The van der Waals surface area contributed by atoms with Crippen LogP contribution in [0.2, 0.25) is 0 Å². The lowest BCUT2D eigenvalue weighted by molar-refractivity contribution is 0.386. The number of methoxy groups -OCH3 is 1. The summed E-state index contributed by atoms with van der Waals surface area (Å²) in [5.74, 6) is -2.13. The molecule has 0 bridgehead atoms. The molecule has 0 saturated heterocycles. The van der Waals surface area contributed by atoms with Gasteiger partial charge in [0.2, 0.25) is 0 Å². The maximum atomic E-state index is 13.4. The Labute approximate surface area is 108 Å². The van der Waals surface area contributed by atoms with Crippen LogP contribution in [-0.2, 0) is 6.54 Å². The van der Waals surface area contributed by atoms with Gasteiger partial charge in [-0.1, -0.05) is 6.07 Å². The van der Waals surface area contributed by atoms with Gasteiger partial charge in [0.25, 0.3) is 0 Å². The Morgan fingerprint density at radius 1 is 0.947 bits per heavy atom. The Bertz CT molecular complexity index is 587. The zero-order valence-corrected chi connectivity index (χ0v) is 10.2. The summed E-state index contributed by atoms with van der Waals surface area (Å²) >= 11 is 0. The van der Waals surface area contributed by atoms with Crippen molar-refractivity contribution in [1.29, 1.82) is 0 Å². The zero-order valence-electron chi connectivity index (χ0n) is 10.2. The minimum atomic E-state index is -0.925. The van der Waals surface area contributed by atoms with Crippen molar-refractivity contribution >= 4 is 5.69 Å². The van der Waals surface area contributed by atoms with Gasteiger partial charge in [-0.3, -0.25) is 0 Å². The van der Waals surface area contributed by atoms with Gasteiger partial charge in [0.05, 0.1) is 7.11 Å². The highest BCUT2D eigenvalue weighted by molar-refractivity contribution is 5.44. The van der Waals surface area contributed by atoms with Gasteiger partial charge >= 0.3 is 0 Å². The molecule has 2 aromatic carbocycles. The highest BCUT2D eigenvalue weighted by Crippen LogP contribution is 2.19. The zero-order chi connectivity index (χ0) is 13.8. The fraction of sp³-hybridized carbons (Fsp3) is 0.143. The van der Waals surface area contributed by atoms with Crippen molar-refractivity contribution in [2.75, 3.05) is 12.4 Å². The third kappa shape index (κ3) is 3.19. The van der Waals surface area contributed by atoms with Crippen molar-refractivity contribution in [3.8, 4) is 5.75 Å². The first-order valence-electron chi connectivity index (χ1n) is 5.61. The molecule has 0 amide bonds. The molecular formula is C14H12F3NO. The molecule has 0 aromatic heterocycles. The molecule has 100 valence electrons. The molecule has 1 N–H and O–H groups in total. The molecule has 0 heterocycles. The molecule has 2 nitrogen and oxygen atoms in total. The summed E-state index contributed by atoms with van der Waals surface area (Å²) in [4.78, 5) is 0. The molecule has 0 saturated carbocycles. The quantitative estimate of drug-likeness (QED) is 0.911. The van der Waals surface area contributed by atoms with Crippen LogP contribution >= 0.6 is 0 Å². The summed E-state index contributed by atoms with van der Waals surface area (Å²) in [5.41, 5.74) is 1.10. The highest BCUT2D eigenvalue weighted by Gasteiger charge is 2.05. The first kappa shape index (κ1) is 13.3. The molecule has 0 aliphatic carbocycles. The van der Waals surface area contributed by atoms with E-state index in [0.29, 0.717) is 17.8 Å². The molecule has 2 aromatic rings. The smallest absolute Gasteiger partial charge is 0.165 e. The van der Waals surface area contributed by atoms with Gasteiger partial charge in [0.1, 0.15) is 0 Å². The SMILES string of the molecule is COc1ccc(CNc2ccc(F)c(F)c2)cc1F. The molecule has 0 atom stereocenters.